The molecule has 4 fully saturated rings. The lowest BCUT2D eigenvalue weighted by Crippen LogP contribution is -2.51. The number of hydrogen-bond donors (Lipinski definition) is 1. The van der Waals surface area contributed by atoms with E-state index in [1.807, 2.05) is 12.1 Å². The van der Waals surface area contributed by atoms with Crippen molar-refractivity contribution in [3.05, 3.63) is 48.5 Å². The molecule has 0 aromatic heterocycles. The number of fused-ring (bicyclic) bond motifs is 3. The number of nitrogens with one attached hydrogen (secondary N) is 1. The zero-order valence-corrected chi connectivity index (χ0v) is 16.8. The van der Waals surface area contributed by atoms with Crippen LogP contribution in [0, 0.1) is 11.8 Å². The molecule has 29 heavy (non-hydrogen) atoms. The Kier molecular flexibility index (Phi) is 5.25. The number of rotatable bonds is 4. The van der Waals surface area contributed by atoms with Crippen LogP contribution >= 0.6 is 0 Å². The fourth-order valence-corrected chi connectivity index (χ4v) is 4.93. The molecule has 4 aliphatic rings. The number of hydrogen-bond acceptors (Lipinski definition) is 4. The summed E-state index contributed by atoms with van der Waals surface area (Å²) in [4.78, 5) is 17.5. The minimum absolute atomic E-state index is 0.143. The first-order valence-electron chi connectivity index (χ1n) is 10.8. The molecule has 2 bridgehead atoms. The Bertz CT molecular complexity index is 835. The van der Waals surface area contributed by atoms with Gasteiger partial charge in [0.1, 0.15) is 0 Å². The third-order valence-electron chi connectivity index (χ3n) is 6.72. The van der Waals surface area contributed by atoms with Crippen LogP contribution in [-0.2, 0) is 9.53 Å². The monoisotopic (exact) mass is 391 g/mol. The topological polar surface area (TPSA) is 44.8 Å². The minimum Gasteiger partial charge on any atom is -0.378 e. The first kappa shape index (κ1) is 18.6. The fourth-order valence-electron chi connectivity index (χ4n) is 4.93. The van der Waals surface area contributed by atoms with E-state index in [1.54, 1.807) is 0 Å². The summed E-state index contributed by atoms with van der Waals surface area (Å²) in [7, 11) is 0. The van der Waals surface area contributed by atoms with E-state index in [4.69, 9.17) is 4.74 Å². The lowest BCUT2D eigenvalue weighted by atomic mass is 9.78. The molecule has 0 radical (unpaired) electrons. The molecule has 0 spiro atoms. The van der Waals surface area contributed by atoms with E-state index in [9.17, 15) is 4.79 Å². The highest BCUT2D eigenvalue weighted by Gasteiger charge is 2.38. The standard InChI is InChI=1S/C24H29N3O2/c28-24(23-17-26-11-9-20(23)10-12-26)25-21-5-1-18(2-6-21)19-3-7-22(8-4-19)27-13-15-29-16-14-27/h1-8,20,23H,9-17H2,(H,25,28)/t23-/m0/s1. The van der Waals surface area contributed by atoms with Crippen LogP contribution in [-0.4, -0.2) is 56.7 Å². The molecule has 1 amide bonds. The average molecular weight is 392 g/mol. The van der Waals surface area contributed by atoms with Gasteiger partial charge in [-0.3, -0.25) is 4.79 Å². The minimum atomic E-state index is 0.143. The Morgan fingerprint density at radius 2 is 1.48 bits per heavy atom. The van der Waals surface area contributed by atoms with Crippen molar-refractivity contribution in [2.75, 3.05) is 56.2 Å². The fraction of sp³-hybridized carbons (Fsp3) is 0.458. The van der Waals surface area contributed by atoms with Gasteiger partial charge in [0.2, 0.25) is 5.91 Å². The number of carbonyl (C=O) groups excluding carboxylic acids is 1. The Labute approximate surface area is 172 Å². The van der Waals surface area contributed by atoms with Gasteiger partial charge in [0, 0.05) is 31.0 Å². The van der Waals surface area contributed by atoms with Crippen molar-refractivity contribution < 1.29 is 9.53 Å². The number of nitrogens with zero attached hydrogens (tertiary/aromatic N) is 2. The maximum atomic E-state index is 12.7. The van der Waals surface area contributed by atoms with Gasteiger partial charge in [-0.15, -0.1) is 0 Å². The Balaban J connectivity index is 1.22. The number of morpholine rings is 1. The second kappa shape index (κ2) is 8.17. The largest absolute Gasteiger partial charge is 0.378 e. The molecule has 1 atom stereocenters. The maximum absolute atomic E-state index is 12.7. The molecule has 2 aromatic rings. The normalized spacial score (nSPS) is 26.3. The highest BCUT2D eigenvalue weighted by atomic mass is 16.5. The van der Waals surface area contributed by atoms with Gasteiger partial charge in [0.05, 0.1) is 19.1 Å². The van der Waals surface area contributed by atoms with Crippen molar-refractivity contribution in [2.24, 2.45) is 11.8 Å². The molecule has 1 N–H and O–H groups in total. The third-order valence-corrected chi connectivity index (χ3v) is 6.72. The van der Waals surface area contributed by atoms with Gasteiger partial charge in [-0.05, 0) is 67.2 Å². The third kappa shape index (κ3) is 4.02. The summed E-state index contributed by atoms with van der Waals surface area (Å²) in [6, 6.07) is 16.9. The van der Waals surface area contributed by atoms with Crippen LogP contribution in [0.2, 0.25) is 0 Å². The van der Waals surface area contributed by atoms with Gasteiger partial charge >= 0.3 is 0 Å². The van der Waals surface area contributed by atoms with Crippen molar-refractivity contribution in [1.29, 1.82) is 0 Å². The van der Waals surface area contributed by atoms with Crippen molar-refractivity contribution in [3.8, 4) is 11.1 Å². The van der Waals surface area contributed by atoms with E-state index in [0.717, 1.165) is 64.5 Å². The number of ether oxygens (including phenoxy) is 1. The molecule has 0 unspecified atom stereocenters. The van der Waals surface area contributed by atoms with Crippen LogP contribution in [0.4, 0.5) is 11.4 Å². The summed E-state index contributed by atoms with van der Waals surface area (Å²) < 4.78 is 5.43. The van der Waals surface area contributed by atoms with Crippen molar-refractivity contribution in [2.45, 2.75) is 12.8 Å². The van der Waals surface area contributed by atoms with Crippen molar-refractivity contribution in [3.63, 3.8) is 0 Å². The highest BCUT2D eigenvalue weighted by molar-refractivity contribution is 5.93. The Morgan fingerprint density at radius 3 is 2.07 bits per heavy atom. The predicted octanol–water partition coefficient (Wildman–Crippen LogP) is 3.47. The van der Waals surface area contributed by atoms with E-state index < -0.39 is 0 Å². The predicted molar refractivity (Wildman–Crippen MR) is 116 cm³/mol. The second-order valence-corrected chi connectivity index (χ2v) is 8.46. The Hall–Kier alpha value is -2.37. The zero-order chi connectivity index (χ0) is 19.6. The number of carbonyl (C=O) groups is 1. The summed E-state index contributed by atoms with van der Waals surface area (Å²) in [5.74, 6) is 0.885. The van der Waals surface area contributed by atoms with E-state index in [0.29, 0.717) is 5.92 Å². The summed E-state index contributed by atoms with van der Waals surface area (Å²) >= 11 is 0. The molecule has 0 saturated carbocycles. The van der Waals surface area contributed by atoms with E-state index >= 15 is 0 Å². The lowest BCUT2D eigenvalue weighted by molar-refractivity contribution is -0.125. The molecule has 4 saturated heterocycles. The van der Waals surface area contributed by atoms with E-state index in [2.05, 4.69) is 51.5 Å². The molecule has 152 valence electrons. The second-order valence-electron chi connectivity index (χ2n) is 8.46. The van der Waals surface area contributed by atoms with Crippen LogP contribution in [0.15, 0.2) is 48.5 Å². The first-order chi connectivity index (χ1) is 14.3. The maximum Gasteiger partial charge on any atom is 0.229 e. The van der Waals surface area contributed by atoms with Gasteiger partial charge in [-0.1, -0.05) is 24.3 Å². The molecular weight excluding hydrogens is 362 g/mol. The van der Waals surface area contributed by atoms with E-state index in [-0.39, 0.29) is 11.8 Å². The highest BCUT2D eigenvalue weighted by Crippen LogP contribution is 2.33. The molecule has 6 rings (SSSR count). The van der Waals surface area contributed by atoms with Crippen LogP contribution in [0.1, 0.15) is 12.8 Å². The summed E-state index contributed by atoms with van der Waals surface area (Å²) in [6.07, 6.45) is 2.33. The molecule has 5 heteroatoms. The lowest BCUT2D eigenvalue weighted by Gasteiger charge is -2.43. The SMILES string of the molecule is O=C(Nc1ccc(-c2ccc(N3CCOCC3)cc2)cc1)[C@H]1CN2CCC1CC2. The van der Waals surface area contributed by atoms with Crippen LogP contribution in [0.3, 0.4) is 0 Å². The smallest absolute Gasteiger partial charge is 0.229 e. The molecular formula is C24H29N3O2. The molecule has 5 nitrogen and oxygen atoms in total. The number of benzene rings is 2. The van der Waals surface area contributed by atoms with Crippen LogP contribution < -0.4 is 10.2 Å². The number of anilines is 2. The summed E-state index contributed by atoms with van der Waals surface area (Å²) in [6.45, 7) is 6.74. The zero-order valence-electron chi connectivity index (χ0n) is 16.8. The molecule has 2 aromatic carbocycles. The number of amides is 1. The van der Waals surface area contributed by atoms with E-state index in [1.165, 1.54) is 16.8 Å². The van der Waals surface area contributed by atoms with Crippen LogP contribution in [0.25, 0.3) is 11.1 Å². The average Bonchev–Trinajstić information content (AvgIpc) is 2.81. The summed E-state index contributed by atoms with van der Waals surface area (Å²) in [5, 5.41) is 3.14. The molecule has 4 aliphatic heterocycles. The molecule has 0 aliphatic carbocycles. The quantitative estimate of drug-likeness (QED) is 0.867. The number of piperidine rings is 3. The van der Waals surface area contributed by atoms with Gasteiger partial charge in [0.25, 0.3) is 0 Å². The summed E-state index contributed by atoms with van der Waals surface area (Å²) in [5.41, 5.74) is 4.50. The Morgan fingerprint density at radius 1 is 0.862 bits per heavy atom. The van der Waals surface area contributed by atoms with Gasteiger partial charge in [-0.2, -0.15) is 0 Å². The first-order valence-corrected chi connectivity index (χ1v) is 10.8. The van der Waals surface area contributed by atoms with Crippen molar-refractivity contribution in [1.82, 2.24) is 4.90 Å². The molecule has 4 heterocycles. The van der Waals surface area contributed by atoms with Gasteiger partial charge in [0.15, 0.2) is 0 Å². The van der Waals surface area contributed by atoms with Gasteiger partial charge in [-0.25, -0.2) is 0 Å². The van der Waals surface area contributed by atoms with Crippen molar-refractivity contribution >= 4 is 17.3 Å². The van der Waals surface area contributed by atoms with Gasteiger partial charge < -0.3 is 19.9 Å². The van der Waals surface area contributed by atoms with Crippen LogP contribution in [0.5, 0.6) is 0 Å².